The van der Waals surface area contributed by atoms with E-state index in [1.807, 2.05) is 30.3 Å². The molecule has 1 aliphatic heterocycles. The van der Waals surface area contributed by atoms with E-state index in [2.05, 4.69) is 15.8 Å². The average Bonchev–Trinajstić information content (AvgIpc) is 3.36. The Labute approximate surface area is 196 Å². The van der Waals surface area contributed by atoms with Gasteiger partial charge >= 0.3 is 0 Å². The number of rotatable bonds is 7. The highest BCUT2D eigenvalue weighted by Crippen LogP contribution is 2.22. The van der Waals surface area contributed by atoms with E-state index in [1.54, 1.807) is 29.2 Å². The monoisotopic (exact) mass is 456 g/mol. The van der Waals surface area contributed by atoms with Crippen LogP contribution in [0.2, 0.25) is 0 Å². The van der Waals surface area contributed by atoms with Crippen molar-refractivity contribution in [1.29, 1.82) is 0 Å². The molecule has 0 bridgehead atoms. The fraction of sp³-hybridized carbons (Fsp3) is 0.192. The summed E-state index contributed by atoms with van der Waals surface area (Å²) in [5.41, 5.74) is 2.70. The summed E-state index contributed by atoms with van der Waals surface area (Å²) in [5, 5.41) is 8.45. The van der Waals surface area contributed by atoms with Gasteiger partial charge in [0, 0.05) is 23.5 Å². The van der Waals surface area contributed by atoms with Gasteiger partial charge in [0.2, 0.25) is 11.8 Å². The quantitative estimate of drug-likeness (QED) is 0.510. The van der Waals surface area contributed by atoms with Gasteiger partial charge in [-0.25, -0.2) is 0 Å². The van der Waals surface area contributed by atoms with Gasteiger partial charge in [0.1, 0.15) is 11.7 Å². The first-order valence-electron chi connectivity index (χ1n) is 11.0. The summed E-state index contributed by atoms with van der Waals surface area (Å²) in [6, 6.07) is 21.7. The molecule has 2 N–H and O–H groups in total. The zero-order valence-electron chi connectivity index (χ0n) is 18.4. The van der Waals surface area contributed by atoms with E-state index in [0.29, 0.717) is 29.9 Å². The Kier molecular flexibility index (Phi) is 7.07. The molecule has 8 heteroatoms. The number of carbonyl (C=O) groups is 3. The van der Waals surface area contributed by atoms with Crippen molar-refractivity contribution >= 4 is 34.8 Å². The molecule has 1 atom stereocenters. The Morgan fingerprint density at radius 1 is 0.853 bits per heavy atom. The van der Waals surface area contributed by atoms with Crippen LogP contribution in [-0.4, -0.2) is 35.2 Å². The topological polar surface area (TPSA) is 108 Å². The Bertz CT molecular complexity index is 1180. The number of nitroso groups, excluding NO2 is 1. The number of carbonyl (C=O) groups excluding carboxylic acids is 3. The van der Waals surface area contributed by atoms with Crippen LogP contribution in [-0.2, 0) is 16.0 Å². The van der Waals surface area contributed by atoms with Gasteiger partial charge in [0.15, 0.2) is 0 Å². The van der Waals surface area contributed by atoms with E-state index >= 15 is 0 Å². The molecule has 3 aromatic carbocycles. The normalized spacial score (nSPS) is 14.9. The first-order valence-corrected chi connectivity index (χ1v) is 11.0. The minimum atomic E-state index is -0.501. The minimum Gasteiger partial charge on any atom is -0.330 e. The fourth-order valence-corrected chi connectivity index (χ4v) is 3.95. The maximum Gasteiger partial charge on any atom is 0.255 e. The lowest BCUT2D eigenvalue weighted by atomic mass is 10.1. The SMILES string of the molecule is O=Nc1ccc(C(=O)Nc2ccc(NC(=O)[C@@H]3CCCN3C(=O)Cc3ccccc3)cc2)cc1. The number of hydrogen-bond acceptors (Lipinski definition) is 5. The van der Waals surface area contributed by atoms with Gasteiger partial charge < -0.3 is 15.5 Å². The molecule has 0 radical (unpaired) electrons. The second-order valence-electron chi connectivity index (χ2n) is 8.07. The second kappa shape index (κ2) is 10.5. The summed E-state index contributed by atoms with van der Waals surface area (Å²) in [5.74, 6) is -0.605. The highest BCUT2D eigenvalue weighted by atomic mass is 16.3. The number of hydrogen-bond donors (Lipinski definition) is 2. The van der Waals surface area contributed by atoms with Crippen LogP contribution in [0.4, 0.5) is 17.1 Å². The van der Waals surface area contributed by atoms with Crippen LogP contribution in [0.3, 0.4) is 0 Å². The molecule has 34 heavy (non-hydrogen) atoms. The molecule has 0 saturated carbocycles. The van der Waals surface area contributed by atoms with E-state index in [4.69, 9.17) is 0 Å². The highest BCUT2D eigenvalue weighted by Gasteiger charge is 2.33. The Hall–Kier alpha value is -4.33. The average molecular weight is 457 g/mol. The zero-order valence-corrected chi connectivity index (χ0v) is 18.4. The van der Waals surface area contributed by atoms with Crippen LogP contribution >= 0.6 is 0 Å². The Balaban J connectivity index is 1.34. The largest absolute Gasteiger partial charge is 0.330 e. The molecule has 0 aromatic heterocycles. The molecule has 172 valence electrons. The van der Waals surface area contributed by atoms with Crippen LogP contribution in [0.25, 0.3) is 0 Å². The van der Waals surface area contributed by atoms with E-state index in [-0.39, 0.29) is 29.8 Å². The lowest BCUT2D eigenvalue weighted by Crippen LogP contribution is -2.43. The third kappa shape index (κ3) is 5.53. The molecule has 0 spiro atoms. The number of likely N-dealkylation sites (tertiary alicyclic amines) is 1. The molecule has 1 fully saturated rings. The van der Waals surface area contributed by atoms with Crippen molar-refractivity contribution in [1.82, 2.24) is 4.90 Å². The van der Waals surface area contributed by atoms with Crippen molar-refractivity contribution in [3.63, 3.8) is 0 Å². The maximum atomic E-state index is 12.9. The van der Waals surface area contributed by atoms with Gasteiger partial charge in [-0.2, -0.15) is 0 Å². The van der Waals surface area contributed by atoms with Gasteiger partial charge in [0.25, 0.3) is 5.91 Å². The van der Waals surface area contributed by atoms with Crippen molar-refractivity contribution in [3.8, 4) is 0 Å². The van der Waals surface area contributed by atoms with Crippen molar-refractivity contribution in [2.45, 2.75) is 25.3 Å². The first-order chi connectivity index (χ1) is 16.5. The fourth-order valence-electron chi connectivity index (χ4n) is 3.95. The molecule has 3 amide bonds. The van der Waals surface area contributed by atoms with Gasteiger partial charge in [-0.05, 0) is 72.1 Å². The van der Waals surface area contributed by atoms with Crippen LogP contribution in [0.15, 0.2) is 84.0 Å². The number of nitrogens with zero attached hydrogens (tertiary/aromatic N) is 2. The van der Waals surface area contributed by atoms with Gasteiger partial charge in [-0.15, -0.1) is 4.91 Å². The third-order valence-corrected chi connectivity index (χ3v) is 5.72. The lowest BCUT2D eigenvalue weighted by Gasteiger charge is -2.24. The predicted molar refractivity (Wildman–Crippen MR) is 130 cm³/mol. The van der Waals surface area contributed by atoms with E-state index in [0.717, 1.165) is 12.0 Å². The summed E-state index contributed by atoms with van der Waals surface area (Å²) in [7, 11) is 0. The van der Waals surface area contributed by atoms with E-state index in [1.165, 1.54) is 24.3 Å². The molecular formula is C26H24N4O4. The van der Waals surface area contributed by atoms with Crippen LogP contribution in [0.5, 0.6) is 0 Å². The highest BCUT2D eigenvalue weighted by molar-refractivity contribution is 6.04. The molecular weight excluding hydrogens is 432 g/mol. The maximum absolute atomic E-state index is 12.9. The second-order valence-corrected chi connectivity index (χ2v) is 8.07. The van der Waals surface area contributed by atoms with Crippen molar-refractivity contribution < 1.29 is 14.4 Å². The summed E-state index contributed by atoms with van der Waals surface area (Å²) < 4.78 is 0. The zero-order chi connectivity index (χ0) is 23.9. The Morgan fingerprint density at radius 2 is 1.50 bits per heavy atom. The van der Waals surface area contributed by atoms with Gasteiger partial charge in [-0.1, -0.05) is 30.3 Å². The first kappa shape index (κ1) is 22.8. The minimum absolute atomic E-state index is 0.0566. The molecule has 3 aromatic rings. The van der Waals surface area contributed by atoms with E-state index in [9.17, 15) is 19.3 Å². The number of amides is 3. The molecule has 0 unspecified atom stereocenters. The number of benzene rings is 3. The molecule has 0 aliphatic carbocycles. The molecule has 8 nitrogen and oxygen atoms in total. The summed E-state index contributed by atoms with van der Waals surface area (Å²) in [4.78, 5) is 50.2. The number of anilines is 2. The summed E-state index contributed by atoms with van der Waals surface area (Å²) >= 11 is 0. The number of nitrogens with one attached hydrogen (secondary N) is 2. The lowest BCUT2D eigenvalue weighted by molar-refractivity contribution is -0.136. The van der Waals surface area contributed by atoms with Crippen LogP contribution in [0.1, 0.15) is 28.8 Å². The molecule has 4 rings (SSSR count). The van der Waals surface area contributed by atoms with Crippen molar-refractivity contribution in [3.05, 3.63) is 94.9 Å². The van der Waals surface area contributed by atoms with Gasteiger partial charge in [-0.3, -0.25) is 14.4 Å². The van der Waals surface area contributed by atoms with E-state index < -0.39 is 6.04 Å². The standard InChI is InChI=1S/C26H24N4O4/c31-24(17-18-5-2-1-3-6-18)30-16-4-7-23(30)26(33)28-21-14-12-20(13-15-21)27-25(32)19-8-10-22(29-34)11-9-19/h1-3,5-6,8-15,23H,4,7,16-17H2,(H,27,32)(H,28,33)/t23-/m0/s1. The predicted octanol–water partition coefficient (Wildman–Crippen LogP) is 4.51. The summed E-state index contributed by atoms with van der Waals surface area (Å²) in [6.07, 6.45) is 1.68. The Morgan fingerprint density at radius 3 is 2.15 bits per heavy atom. The van der Waals surface area contributed by atoms with Crippen LogP contribution in [0, 0.1) is 4.91 Å². The molecule has 1 heterocycles. The van der Waals surface area contributed by atoms with Crippen molar-refractivity contribution in [2.75, 3.05) is 17.2 Å². The summed E-state index contributed by atoms with van der Waals surface area (Å²) in [6.45, 7) is 0.568. The van der Waals surface area contributed by atoms with Crippen LogP contribution < -0.4 is 10.6 Å². The molecule has 1 aliphatic rings. The smallest absolute Gasteiger partial charge is 0.255 e. The van der Waals surface area contributed by atoms with Gasteiger partial charge in [0.05, 0.1) is 6.42 Å². The third-order valence-electron chi connectivity index (χ3n) is 5.72. The molecule has 1 saturated heterocycles. The van der Waals surface area contributed by atoms with Crippen molar-refractivity contribution in [2.24, 2.45) is 5.18 Å².